The first kappa shape index (κ1) is 18.8. The largest absolute Gasteiger partial charge is 0.355 e. The molecule has 1 amide bonds. The van der Waals surface area contributed by atoms with Crippen LogP contribution in [0.1, 0.15) is 12.8 Å². The molecule has 150 valence electrons. The molecule has 1 fully saturated rings. The van der Waals surface area contributed by atoms with E-state index in [1.165, 1.54) is 0 Å². The summed E-state index contributed by atoms with van der Waals surface area (Å²) in [5, 5.41) is 16.2. The minimum atomic E-state index is 0.0126. The molecule has 1 saturated heterocycles. The zero-order chi connectivity index (χ0) is 20.3. The van der Waals surface area contributed by atoms with E-state index in [1.807, 2.05) is 53.9 Å². The monoisotopic (exact) mass is 414 g/mol. The molecule has 6 heteroatoms. The summed E-state index contributed by atoms with van der Waals surface area (Å²) < 4.78 is 0. The van der Waals surface area contributed by atoms with E-state index in [-0.39, 0.29) is 11.8 Å². The maximum atomic E-state index is 12.9. The van der Waals surface area contributed by atoms with Crippen molar-refractivity contribution < 1.29 is 4.79 Å². The zero-order valence-corrected chi connectivity index (χ0v) is 17.3. The smallest absolute Gasteiger partial charge is 0.227 e. The van der Waals surface area contributed by atoms with Gasteiger partial charge in [0.15, 0.2) is 5.82 Å². The lowest BCUT2D eigenvalue weighted by molar-refractivity contribution is -0.120. The van der Waals surface area contributed by atoms with Crippen LogP contribution in [0.5, 0.6) is 0 Å². The van der Waals surface area contributed by atoms with E-state index in [0.29, 0.717) is 0 Å². The van der Waals surface area contributed by atoms with E-state index in [2.05, 4.69) is 38.6 Å². The molecule has 0 saturated carbocycles. The van der Waals surface area contributed by atoms with Crippen LogP contribution in [0.4, 0.5) is 11.5 Å². The molecule has 0 aliphatic carbocycles. The van der Waals surface area contributed by atoms with Crippen LogP contribution in [0.15, 0.2) is 72.1 Å². The first-order valence-corrected chi connectivity index (χ1v) is 11.1. The Hall–Kier alpha value is -3.25. The van der Waals surface area contributed by atoms with Crippen LogP contribution >= 0.6 is 11.3 Å². The van der Waals surface area contributed by atoms with Crippen LogP contribution in [0.25, 0.3) is 21.3 Å². The molecule has 2 aromatic carbocycles. The molecule has 4 aromatic rings. The number of thiophene rings is 1. The van der Waals surface area contributed by atoms with E-state index in [1.54, 1.807) is 11.3 Å². The van der Waals surface area contributed by atoms with Crippen LogP contribution in [0.2, 0.25) is 0 Å². The Kier molecular flexibility index (Phi) is 5.15. The quantitative estimate of drug-likeness (QED) is 0.498. The van der Waals surface area contributed by atoms with E-state index >= 15 is 0 Å². The molecular formula is C24H22N4OS. The highest BCUT2D eigenvalue weighted by molar-refractivity contribution is 7.13. The van der Waals surface area contributed by atoms with Gasteiger partial charge in [0.25, 0.3) is 0 Å². The molecule has 3 heterocycles. The standard InChI is InChI=1S/C24H22N4OS/c29-24(25-20-8-3-6-17-5-1-2-7-19(17)20)18-12-14-28(15-13-18)23-11-10-21(26-27-23)22-9-4-16-30-22/h1-11,16,18H,12-15H2,(H,25,29). The molecule has 0 bridgehead atoms. The van der Waals surface area contributed by atoms with Gasteiger partial charge >= 0.3 is 0 Å². The lowest BCUT2D eigenvalue weighted by Crippen LogP contribution is -2.38. The van der Waals surface area contributed by atoms with Crippen molar-refractivity contribution in [3.63, 3.8) is 0 Å². The Balaban J connectivity index is 1.22. The van der Waals surface area contributed by atoms with Gasteiger partial charge in [-0.1, -0.05) is 42.5 Å². The van der Waals surface area contributed by atoms with Gasteiger partial charge in [-0.25, -0.2) is 0 Å². The topological polar surface area (TPSA) is 58.1 Å². The molecule has 0 radical (unpaired) electrons. The van der Waals surface area contributed by atoms with Gasteiger partial charge in [-0.3, -0.25) is 4.79 Å². The number of anilines is 2. The Labute approximate surface area is 179 Å². The van der Waals surface area contributed by atoms with Gasteiger partial charge < -0.3 is 10.2 Å². The van der Waals surface area contributed by atoms with Gasteiger partial charge in [0.2, 0.25) is 5.91 Å². The van der Waals surface area contributed by atoms with Crippen molar-refractivity contribution in [3.8, 4) is 10.6 Å². The van der Waals surface area contributed by atoms with E-state index in [4.69, 9.17) is 0 Å². The predicted octanol–water partition coefficient (Wildman–Crippen LogP) is 5.21. The van der Waals surface area contributed by atoms with Crippen molar-refractivity contribution in [1.29, 1.82) is 0 Å². The maximum absolute atomic E-state index is 12.9. The SMILES string of the molecule is O=C(Nc1cccc2ccccc12)C1CCN(c2ccc(-c3cccs3)nn2)CC1. The van der Waals surface area contributed by atoms with Crippen LogP contribution in [0, 0.1) is 5.92 Å². The fourth-order valence-corrected chi connectivity index (χ4v) is 4.68. The number of amides is 1. The Bertz CT molecular complexity index is 1140. The maximum Gasteiger partial charge on any atom is 0.227 e. The summed E-state index contributed by atoms with van der Waals surface area (Å²) in [6, 6.07) is 22.3. The summed E-state index contributed by atoms with van der Waals surface area (Å²) in [6.45, 7) is 1.61. The fourth-order valence-electron chi connectivity index (χ4n) is 3.99. The summed E-state index contributed by atoms with van der Waals surface area (Å²) >= 11 is 1.66. The van der Waals surface area contributed by atoms with Crippen LogP contribution in [-0.4, -0.2) is 29.2 Å². The molecule has 5 nitrogen and oxygen atoms in total. The van der Waals surface area contributed by atoms with Crippen molar-refractivity contribution >= 4 is 39.5 Å². The molecule has 0 atom stereocenters. The third-order valence-electron chi connectivity index (χ3n) is 5.66. The highest BCUT2D eigenvalue weighted by Gasteiger charge is 2.26. The van der Waals surface area contributed by atoms with Gasteiger partial charge in [-0.15, -0.1) is 21.5 Å². The number of carbonyl (C=O) groups is 1. The number of benzene rings is 2. The average molecular weight is 415 g/mol. The molecule has 30 heavy (non-hydrogen) atoms. The summed E-state index contributed by atoms with van der Waals surface area (Å²) in [6.07, 6.45) is 1.62. The fraction of sp³-hybridized carbons (Fsp3) is 0.208. The summed E-state index contributed by atoms with van der Waals surface area (Å²) in [5.74, 6) is 0.993. The summed E-state index contributed by atoms with van der Waals surface area (Å²) in [4.78, 5) is 16.2. The van der Waals surface area contributed by atoms with Crippen molar-refractivity contribution in [2.75, 3.05) is 23.3 Å². The van der Waals surface area contributed by atoms with Crippen LogP contribution < -0.4 is 10.2 Å². The van der Waals surface area contributed by atoms with Crippen molar-refractivity contribution in [3.05, 3.63) is 72.1 Å². The van der Waals surface area contributed by atoms with Crippen LogP contribution in [-0.2, 0) is 4.79 Å². The normalized spacial score (nSPS) is 14.7. The Morgan fingerprint density at radius 2 is 1.77 bits per heavy atom. The first-order valence-electron chi connectivity index (χ1n) is 10.2. The lowest BCUT2D eigenvalue weighted by atomic mass is 9.95. The van der Waals surface area contributed by atoms with Gasteiger partial charge in [-0.05, 0) is 47.9 Å². The second kappa shape index (κ2) is 8.24. The van der Waals surface area contributed by atoms with Crippen molar-refractivity contribution in [2.45, 2.75) is 12.8 Å². The van der Waals surface area contributed by atoms with Gasteiger partial charge in [0.1, 0.15) is 5.69 Å². The minimum Gasteiger partial charge on any atom is -0.355 e. The number of aromatic nitrogens is 2. The number of hydrogen-bond acceptors (Lipinski definition) is 5. The molecular weight excluding hydrogens is 392 g/mol. The number of nitrogens with zero attached hydrogens (tertiary/aromatic N) is 3. The number of carbonyl (C=O) groups excluding carboxylic acids is 1. The zero-order valence-electron chi connectivity index (χ0n) is 16.5. The molecule has 0 spiro atoms. The number of nitrogens with one attached hydrogen (secondary N) is 1. The van der Waals surface area contributed by atoms with Gasteiger partial charge in [-0.2, -0.15) is 0 Å². The second-order valence-electron chi connectivity index (χ2n) is 7.53. The van der Waals surface area contributed by atoms with E-state index < -0.39 is 0 Å². The van der Waals surface area contributed by atoms with Crippen LogP contribution in [0.3, 0.4) is 0 Å². The third kappa shape index (κ3) is 3.78. The minimum absolute atomic E-state index is 0.0126. The van der Waals surface area contributed by atoms with Crippen molar-refractivity contribution in [2.24, 2.45) is 5.92 Å². The number of hydrogen-bond donors (Lipinski definition) is 1. The van der Waals surface area contributed by atoms with E-state index in [0.717, 1.165) is 58.8 Å². The summed E-state index contributed by atoms with van der Waals surface area (Å²) in [5.41, 5.74) is 1.79. The number of fused-ring (bicyclic) bond motifs is 1. The second-order valence-corrected chi connectivity index (χ2v) is 8.48. The first-order chi connectivity index (χ1) is 14.8. The van der Waals surface area contributed by atoms with Gasteiger partial charge in [0.05, 0.1) is 4.88 Å². The van der Waals surface area contributed by atoms with Gasteiger partial charge in [0, 0.05) is 30.1 Å². The highest BCUT2D eigenvalue weighted by atomic mass is 32.1. The molecule has 1 aliphatic heterocycles. The molecule has 1 aliphatic rings. The van der Waals surface area contributed by atoms with E-state index in [9.17, 15) is 4.79 Å². The molecule has 5 rings (SSSR count). The molecule has 1 N–H and O–H groups in total. The van der Waals surface area contributed by atoms with Crippen molar-refractivity contribution in [1.82, 2.24) is 10.2 Å². The Morgan fingerprint density at radius 1 is 0.933 bits per heavy atom. The average Bonchev–Trinajstić information content (AvgIpc) is 3.35. The summed E-state index contributed by atoms with van der Waals surface area (Å²) in [7, 11) is 0. The highest BCUT2D eigenvalue weighted by Crippen LogP contribution is 2.27. The number of rotatable bonds is 4. The Morgan fingerprint density at radius 3 is 2.53 bits per heavy atom. The molecule has 2 aromatic heterocycles. The number of piperidine rings is 1. The lowest BCUT2D eigenvalue weighted by Gasteiger charge is -2.31. The third-order valence-corrected chi connectivity index (χ3v) is 6.55. The predicted molar refractivity (Wildman–Crippen MR) is 123 cm³/mol. The molecule has 0 unspecified atom stereocenters.